The molecule has 1 aliphatic carbocycles. The van der Waals surface area contributed by atoms with Crippen molar-refractivity contribution < 1.29 is 9.32 Å². The van der Waals surface area contributed by atoms with Crippen molar-refractivity contribution in [1.29, 1.82) is 0 Å². The van der Waals surface area contributed by atoms with Gasteiger partial charge in [0.1, 0.15) is 0 Å². The second-order valence-corrected chi connectivity index (χ2v) is 5.71. The molecule has 7 nitrogen and oxygen atoms in total. The average Bonchev–Trinajstić information content (AvgIpc) is 3.27. The molecule has 0 saturated heterocycles. The van der Waals surface area contributed by atoms with E-state index in [0.29, 0.717) is 22.5 Å². The summed E-state index contributed by atoms with van der Waals surface area (Å²) in [5.74, 6) is 1.47. The summed E-state index contributed by atoms with van der Waals surface area (Å²) in [5, 5.41) is 4.57. The minimum Gasteiger partial charge on any atom is -0.337 e. The summed E-state index contributed by atoms with van der Waals surface area (Å²) in [7, 11) is 1.69. The lowest BCUT2D eigenvalue weighted by atomic mass is 10.3. The summed E-state index contributed by atoms with van der Waals surface area (Å²) in [6, 6.07) is 0. The van der Waals surface area contributed by atoms with Crippen LogP contribution in [0.1, 0.15) is 40.8 Å². The second kappa shape index (κ2) is 5.80. The van der Waals surface area contributed by atoms with Crippen LogP contribution in [0.5, 0.6) is 0 Å². The van der Waals surface area contributed by atoms with E-state index in [1.54, 1.807) is 7.05 Å². The van der Waals surface area contributed by atoms with Gasteiger partial charge in [-0.2, -0.15) is 4.98 Å². The molecule has 8 heteroatoms. The lowest BCUT2D eigenvalue weighted by Crippen LogP contribution is -2.26. The van der Waals surface area contributed by atoms with Gasteiger partial charge in [-0.25, -0.2) is 9.97 Å². The third-order valence-corrected chi connectivity index (χ3v) is 3.78. The molecule has 3 rings (SSSR count). The van der Waals surface area contributed by atoms with Crippen molar-refractivity contribution >= 4 is 17.7 Å². The van der Waals surface area contributed by atoms with E-state index in [2.05, 4.69) is 20.1 Å². The SMILES string of the molecule is CSc1ncc(C(=O)N(C)Cc2nc(C3CC3)no2)cn1. The molecule has 1 fully saturated rings. The van der Waals surface area contributed by atoms with Crippen LogP contribution in [0.15, 0.2) is 22.1 Å². The quantitative estimate of drug-likeness (QED) is 0.614. The first-order chi connectivity index (χ1) is 10.2. The van der Waals surface area contributed by atoms with E-state index in [9.17, 15) is 4.79 Å². The molecule has 2 aromatic heterocycles. The largest absolute Gasteiger partial charge is 0.337 e. The summed E-state index contributed by atoms with van der Waals surface area (Å²) in [5.41, 5.74) is 0.442. The number of rotatable bonds is 5. The molecule has 0 atom stereocenters. The molecule has 2 aromatic rings. The van der Waals surface area contributed by atoms with Gasteiger partial charge in [-0.15, -0.1) is 0 Å². The zero-order chi connectivity index (χ0) is 14.8. The molecule has 0 aromatic carbocycles. The number of amides is 1. The Labute approximate surface area is 126 Å². The minimum atomic E-state index is -0.172. The van der Waals surface area contributed by atoms with Crippen molar-refractivity contribution in [2.45, 2.75) is 30.5 Å². The molecule has 0 aliphatic heterocycles. The van der Waals surface area contributed by atoms with Gasteiger partial charge in [0.25, 0.3) is 5.91 Å². The Balaban J connectivity index is 1.65. The molecule has 1 saturated carbocycles. The summed E-state index contributed by atoms with van der Waals surface area (Å²) in [6.45, 7) is 0.281. The summed E-state index contributed by atoms with van der Waals surface area (Å²) >= 11 is 1.43. The topological polar surface area (TPSA) is 85.0 Å². The number of aromatic nitrogens is 4. The molecule has 0 unspecified atom stereocenters. The molecule has 0 radical (unpaired) electrons. The van der Waals surface area contributed by atoms with Gasteiger partial charge in [0, 0.05) is 25.4 Å². The standard InChI is InChI=1S/C13H15N5O2S/c1-18(7-10-16-11(17-20-10)8-3-4-8)12(19)9-5-14-13(21-2)15-6-9/h5-6,8H,3-4,7H2,1-2H3. The number of hydrogen-bond donors (Lipinski definition) is 0. The molecule has 110 valence electrons. The van der Waals surface area contributed by atoms with Gasteiger partial charge >= 0.3 is 0 Å². The van der Waals surface area contributed by atoms with Crippen molar-refractivity contribution in [3.63, 3.8) is 0 Å². The van der Waals surface area contributed by atoms with E-state index in [0.717, 1.165) is 18.7 Å². The summed E-state index contributed by atoms with van der Waals surface area (Å²) in [6.07, 6.45) is 7.18. The lowest BCUT2D eigenvalue weighted by molar-refractivity contribution is 0.0768. The first-order valence-electron chi connectivity index (χ1n) is 6.61. The zero-order valence-corrected chi connectivity index (χ0v) is 12.6. The second-order valence-electron chi connectivity index (χ2n) is 4.94. The number of hydrogen-bond acceptors (Lipinski definition) is 7. The van der Waals surface area contributed by atoms with Crippen molar-refractivity contribution in [3.05, 3.63) is 29.7 Å². The Hall–Kier alpha value is -1.96. The number of nitrogens with zero attached hydrogens (tertiary/aromatic N) is 5. The van der Waals surface area contributed by atoms with Gasteiger partial charge in [0.15, 0.2) is 11.0 Å². The van der Waals surface area contributed by atoms with E-state index in [-0.39, 0.29) is 12.5 Å². The molecule has 0 bridgehead atoms. The van der Waals surface area contributed by atoms with Crippen LogP contribution < -0.4 is 0 Å². The van der Waals surface area contributed by atoms with Crippen molar-refractivity contribution in [1.82, 2.24) is 25.0 Å². The van der Waals surface area contributed by atoms with Crippen LogP contribution in [-0.4, -0.2) is 44.2 Å². The first-order valence-corrected chi connectivity index (χ1v) is 7.84. The fourth-order valence-corrected chi connectivity index (χ4v) is 2.18. The van der Waals surface area contributed by atoms with Crippen LogP contribution in [0.25, 0.3) is 0 Å². The van der Waals surface area contributed by atoms with Crippen LogP contribution in [0, 0.1) is 0 Å². The highest BCUT2D eigenvalue weighted by molar-refractivity contribution is 7.98. The van der Waals surface area contributed by atoms with Crippen LogP contribution in [0.4, 0.5) is 0 Å². The molecule has 21 heavy (non-hydrogen) atoms. The molecule has 0 spiro atoms. The fourth-order valence-electron chi connectivity index (χ4n) is 1.87. The van der Waals surface area contributed by atoms with Gasteiger partial charge in [0.2, 0.25) is 5.89 Å². The normalized spacial score (nSPS) is 14.2. The van der Waals surface area contributed by atoms with Gasteiger partial charge in [-0.05, 0) is 19.1 Å². The third-order valence-electron chi connectivity index (χ3n) is 3.20. The van der Waals surface area contributed by atoms with Gasteiger partial charge in [-0.3, -0.25) is 4.79 Å². The number of carbonyl (C=O) groups excluding carboxylic acids is 1. The highest BCUT2D eigenvalue weighted by Crippen LogP contribution is 2.38. The Bertz CT molecular complexity index is 638. The van der Waals surface area contributed by atoms with E-state index in [4.69, 9.17) is 4.52 Å². The van der Waals surface area contributed by atoms with Gasteiger partial charge < -0.3 is 9.42 Å². The van der Waals surface area contributed by atoms with Crippen LogP contribution in [0.2, 0.25) is 0 Å². The molecular weight excluding hydrogens is 290 g/mol. The maximum absolute atomic E-state index is 12.3. The van der Waals surface area contributed by atoms with Crippen LogP contribution in [-0.2, 0) is 6.54 Å². The molecule has 1 amide bonds. The first kappa shape index (κ1) is 14.0. The average molecular weight is 305 g/mol. The minimum absolute atomic E-state index is 0.172. The Morgan fingerprint density at radius 3 is 2.76 bits per heavy atom. The zero-order valence-electron chi connectivity index (χ0n) is 11.8. The fraction of sp³-hybridized carbons (Fsp3) is 0.462. The monoisotopic (exact) mass is 305 g/mol. The Morgan fingerprint density at radius 1 is 1.43 bits per heavy atom. The molecule has 0 N–H and O–H groups in total. The third kappa shape index (κ3) is 3.21. The summed E-state index contributed by atoms with van der Waals surface area (Å²) in [4.78, 5) is 26.3. The molecule has 1 aliphatic rings. The van der Waals surface area contributed by atoms with E-state index in [1.807, 2.05) is 6.26 Å². The van der Waals surface area contributed by atoms with Crippen molar-refractivity contribution in [2.24, 2.45) is 0 Å². The maximum Gasteiger partial charge on any atom is 0.257 e. The van der Waals surface area contributed by atoms with Crippen molar-refractivity contribution in [3.8, 4) is 0 Å². The number of thioether (sulfide) groups is 1. The van der Waals surface area contributed by atoms with Crippen LogP contribution >= 0.6 is 11.8 Å². The highest BCUT2D eigenvalue weighted by Gasteiger charge is 2.29. The van der Waals surface area contributed by atoms with Crippen LogP contribution in [0.3, 0.4) is 0 Å². The lowest BCUT2D eigenvalue weighted by Gasteiger charge is -2.14. The smallest absolute Gasteiger partial charge is 0.257 e. The Morgan fingerprint density at radius 2 is 2.14 bits per heavy atom. The predicted octanol–water partition coefficient (Wildman–Crippen LogP) is 1.73. The summed E-state index contributed by atoms with van der Waals surface area (Å²) < 4.78 is 5.17. The molecular formula is C13H15N5O2S. The maximum atomic E-state index is 12.3. The number of carbonyl (C=O) groups is 1. The highest BCUT2D eigenvalue weighted by atomic mass is 32.2. The van der Waals surface area contributed by atoms with E-state index >= 15 is 0 Å². The molecule has 2 heterocycles. The van der Waals surface area contributed by atoms with E-state index < -0.39 is 0 Å². The van der Waals surface area contributed by atoms with E-state index in [1.165, 1.54) is 29.1 Å². The van der Waals surface area contributed by atoms with Crippen molar-refractivity contribution in [2.75, 3.05) is 13.3 Å². The Kier molecular flexibility index (Phi) is 3.87. The predicted molar refractivity (Wildman–Crippen MR) is 75.9 cm³/mol. The van der Waals surface area contributed by atoms with Gasteiger partial charge in [0.05, 0.1) is 12.1 Å². The van der Waals surface area contributed by atoms with Gasteiger partial charge in [-0.1, -0.05) is 16.9 Å².